The molecule has 0 unspecified atom stereocenters. The van der Waals surface area contributed by atoms with Gasteiger partial charge >= 0.3 is 0 Å². The van der Waals surface area contributed by atoms with Crippen molar-refractivity contribution in [3.05, 3.63) is 97.8 Å². The molecule has 1 aliphatic heterocycles. The van der Waals surface area contributed by atoms with Crippen LogP contribution in [0.2, 0.25) is 15.1 Å². The first-order valence-electron chi connectivity index (χ1n) is 9.19. The zero-order valence-corrected chi connectivity index (χ0v) is 19.0. The monoisotopic (exact) mass is 488 g/mol. The van der Waals surface area contributed by atoms with Crippen LogP contribution in [-0.4, -0.2) is 11.1 Å². The summed E-state index contributed by atoms with van der Waals surface area (Å²) in [4.78, 5) is 17.2. The van der Waals surface area contributed by atoms with Crippen molar-refractivity contribution < 1.29 is 9.53 Å². The number of carbonyl (C=O) groups excluding carboxylic acids is 1. The smallest absolute Gasteiger partial charge is 0.264 e. The molecule has 3 aromatic rings. The summed E-state index contributed by atoms with van der Waals surface area (Å²) in [5.41, 5.74) is 2.32. The molecular weight excluding hydrogens is 475 g/mol. The highest BCUT2D eigenvalue weighted by Gasteiger charge is 2.24. The van der Waals surface area contributed by atoms with Gasteiger partial charge in [0.2, 0.25) is 0 Å². The fraction of sp³-hybridized carbons (Fsp3) is 0.0435. The number of thioether (sulfide) groups is 1. The summed E-state index contributed by atoms with van der Waals surface area (Å²) in [6.07, 6.45) is 1.80. The second-order valence-electron chi connectivity index (χ2n) is 6.53. The third-order valence-corrected chi connectivity index (χ3v) is 6.13. The third-order valence-electron chi connectivity index (χ3n) is 4.31. The van der Waals surface area contributed by atoms with Gasteiger partial charge in [-0.15, -0.1) is 0 Å². The number of hydrogen-bond acceptors (Lipinski definition) is 4. The molecule has 0 saturated carbocycles. The molecule has 156 valence electrons. The first-order chi connectivity index (χ1) is 15.0. The Morgan fingerprint density at radius 1 is 0.968 bits per heavy atom. The van der Waals surface area contributed by atoms with Crippen molar-refractivity contribution in [3.63, 3.8) is 0 Å². The van der Waals surface area contributed by atoms with Crippen molar-refractivity contribution in [1.29, 1.82) is 0 Å². The minimum atomic E-state index is -0.200. The van der Waals surface area contributed by atoms with Crippen molar-refractivity contribution >= 4 is 69.4 Å². The van der Waals surface area contributed by atoms with Crippen LogP contribution >= 0.6 is 46.6 Å². The highest BCUT2D eigenvalue weighted by atomic mass is 35.5. The Kier molecular flexibility index (Phi) is 6.88. The molecule has 0 aliphatic carbocycles. The van der Waals surface area contributed by atoms with Crippen molar-refractivity contribution in [2.75, 3.05) is 0 Å². The van der Waals surface area contributed by atoms with Crippen LogP contribution in [0.25, 0.3) is 6.08 Å². The molecular formula is C23H15Cl3N2O2S. The molecule has 3 aromatic carbocycles. The molecule has 1 N–H and O–H groups in total. The van der Waals surface area contributed by atoms with E-state index in [4.69, 9.17) is 39.5 Å². The van der Waals surface area contributed by atoms with E-state index in [-0.39, 0.29) is 5.91 Å². The van der Waals surface area contributed by atoms with Gasteiger partial charge in [0.15, 0.2) is 5.17 Å². The minimum absolute atomic E-state index is 0.200. The molecule has 0 aromatic heterocycles. The van der Waals surface area contributed by atoms with Crippen LogP contribution in [-0.2, 0) is 11.4 Å². The SMILES string of the molecule is O=C1NC(=Nc2ccccc2Cl)S/C1=C/c1ccc(OCc2ccc(Cl)cc2Cl)cc1. The van der Waals surface area contributed by atoms with Crippen LogP contribution in [0.3, 0.4) is 0 Å². The molecule has 31 heavy (non-hydrogen) atoms. The summed E-state index contributed by atoms with van der Waals surface area (Å²) in [5.74, 6) is 0.492. The Morgan fingerprint density at radius 3 is 2.48 bits per heavy atom. The molecule has 0 radical (unpaired) electrons. The Bertz CT molecular complexity index is 1190. The second kappa shape index (κ2) is 9.79. The van der Waals surface area contributed by atoms with E-state index in [1.807, 2.05) is 42.5 Å². The van der Waals surface area contributed by atoms with Crippen LogP contribution in [0.15, 0.2) is 76.6 Å². The summed E-state index contributed by atoms with van der Waals surface area (Å²) in [5, 5.41) is 4.92. The zero-order chi connectivity index (χ0) is 21.8. The quantitative estimate of drug-likeness (QED) is 0.388. The number of hydrogen-bond donors (Lipinski definition) is 1. The van der Waals surface area contributed by atoms with Crippen LogP contribution < -0.4 is 10.1 Å². The van der Waals surface area contributed by atoms with E-state index in [0.717, 1.165) is 11.1 Å². The van der Waals surface area contributed by atoms with Crippen molar-refractivity contribution in [2.24, 2.45) is 4.99 Å². The molecule has 0 spiro atoms. The van der Waals surface area contributed by atoms with Gasteiger partial charge in [-0.05, 0) is 59.8 Å². The highest BCUT2D eigenvalue weighted by Crippen LogP contribution is 2.31. The summed E-state index contributed by atoms with van der Waals surface area (Å²) < 4.78 is 5.79. The van der Waals surface area contributed by atoms with Gasteiger partial charge in [0.25, 0.3) is 5.91 Å². The third kappa shape index (κ3) is 5.63. The molecule has 1 aliphatic rings. The van der Waals surface area contributed by atoms with Crippen LogP contribution in [0.5, 0.6) is 5.75 Å². The Morgan fingerprint density at radius 2 is 1.74 bits per heavy atom. The Labute approximate surface area is 198 Å². The number of nitrogens with zero attached hydrogens (tertiary/aromatic N) is 1. The molecule has 1 saturated heterocycles. The van der Waals surface area contributed by atoms with Gasteiger partial charge in [-0.2, -0.15) is 0 Å². The lowest BCUT2D eigenvalue weighted by molar-refractivity contribution is -0.115. The zero-order valence-electron chi connectivity index (χ0n) is 15.9. The molecule has 0 bridgehead atoms. The van der Waals surface area contributed by atoms with E-state index >= 15 is 0 Å². The number of amides is 1. The van der Waals surface area contributed by atoms with Gasteiger partial charge < -0.3 is 10.1 Å². The Hall–Kier alpha value is -2.44. The van der Waals surface area contributed by atoms with E-state index in [1.165, 1.54) is 11.8 Å². The summed E-state index contributed by atoms with van der Waals surface area (Å²) in [7, 11) is 0. The number of amidine groups is 1. The summed E-state index contributed by atoms with van der Waals surface area (Å²) in [6.45, 7) is 0.330. The topological polar surface area (TPSA) is 50.7 Å². The lowest BCUT2D eigenvalue weighted by atomic mass is 10.2. The fourth-order valence-corrected chi connectivity index (χ4v) is 4.22. The maximum atomic E-state index is 12.3. The Balaban J connectivity index is 1.42. The molecule has 1 heterocycles. The minimum Gasteiger partial charge on any atom is -0.489 e. The van der Waals surface area contributed by atoms with E-state index in [9.17, 15) is 4.79 Å². The van der Waals surface area contributed by atoms with Crippen LogP contribution in [0.4, 0.5) is 5.69 Å². The number of carbonyl (C=O) groups is 1. The van der Waals surface area contributed by atoms with E-state index in [0.29, 0.717) is 43.2 Å². The van der Waals surface area contributed by atoms with Gasteiger partial charge in [0, 0.05) is 15.6 Å². The lowest BCUT2D eigenvalue weighted by Gasteiger charge is -2.08. The fourth-order valence-electron chi connectivity index (χ4n) is 2.74. The summed E-state index contributed by atoms with van der Waals surface area (Å²) in [6, 6.07) is 19.9. The molecule has 1 amide bonds. The van der Waals surface area contributed by atoms with Crippen molar-refractivity contribution in [3.8, 4) is 5.75 Å². The lowest BCUT2D eigenvalue weighted by Crippen LogP contribution is -2.19. The molecule has 4 rings (SSSR count). The predicted octanol–water partition coefficient (Wildman–Crippen LogP) is 7.12. The second-order valence-corrected chi connectivity index (χ2v) is 8.81. The number of ether oxygens (including phenoxy) is 1. The largest absolute Gasteiger partial charge is 0.489 e. The first kappa shape index (κ1) is 21.8. The van der Waals surface area contributed by atoms with Crippen LogP contribution in [0.1, 0.15) is 11.1 Å². The predicted molar refractivity (Wildman–Crippen MR) is 129 cm³/mol. The molecule has 4 nitrogen and oxygen atoms in total. The van der Waals surface area contributed by atoms with E-state index < -0.39 is 0 Å². The van der Waals surface area contributed by atoms with Gasteiger partial charge in [-0.1, -0.05) is 65.1 Å². The molecule has 8 heteroatoms. The maximum absolute atomic E-state index is 12.3. The number of rotatable bonds is 5. The first-order valence-corrected chi connectivity index (χ1v) is 11.1. The number of nitrogens with one attached hydrogen (secondary N) is 1. The maximum Gasteiger partial charge on any atom is 0.264 e. The number of para-hydroxylation sites is 1. The van der Waals surface area contributed by atoms with Gasteiger partial charge in [-0.25, -0.2) is 4.99 Å². The van der Waals surface area contributed by atoms with Crippen molar-refractivity contribution in [2.45, 2.75) is 6.61 Å². The average molecular weight is 490 g/mol. The van der Waals surface area contributed by atoms with E-state index in [2.05, 4.69) is 10.3 Å². The highest BCUT2D eigenvalue weighted by molar-refractivity contribution is 8.18. The van der Waals surface area contributed by atoms with Crippen LogP contribution in [0, 0.1) is 0 Å². The van der Waals surface area contributed by atoms with Crippen molar-refractivity contribution in [1.82, 2.24) is 5.32 Å². The van der Waals surface area contributed by atoms with Gasteiger partial charge in [0.05, 0.1) is 15.6 Å². The normalized spacial score (nSPS) is 16.0. The summed E-state index contributed by atoms with van der Waals surface area (Å²) >= 11 is 19.5. The average Bonchev–Trinajstić information content (AvgIpc) is 3.09. The number of aliphatic imine (C=N–C) groups is 1. The van der Waals surface area contributed by atoms with Gasteiger partial charge in [-0.3, -0.25) is 4.79 Å². The number of halogens is 3. The number of benzene rings is 3. The molecule has 0 atom stereocenters. The standard InChI is InChI=1S/C23H15Cl3N2O2S/c24-16-8-7-15(19(26)12-16)13-30-17-9-5-14(6-10-17)11-21-22(29)28-23(31-21)27-20-4-2-1-3-18(20)25/h1-12H,13H2,(H,27,28,29)/b21-11+. The van der Waals surface area contributed by atoms with Gasteiger partial charge in [0.1, 0.15) is 12.4 Å². The van der Waals surface area contributed by atoms with E-state index in [1.54, 1.807) is 30.3 Å². The molecule has 1 fully saturated rings.